The first-order chi connectivity index (χ1) is 8.10. The SMILES string of the molecule is CCCN(CC(=O)OC)C(=O)C1CCCC1N. The number of carbonyl (C=O) groups excluding carboxylic acids is 2. The monoisotopic (exact) mass is 242 g/mol. The maximum atomic E-state index is 12.2. The van der Waals surface area contributed by atoms with Gasteiger partial charge in [0.15, 0.2) is 0 Å². The van der Waals surface area contributed by atoms with Crippen molar-refractivity contribution in [3.63, 3.8) is 0 Å². The average molecular weight is 242 g/mol. The largest absolute Gasteiger partial charge is 0.468 e. The van der Waals surface area contributed by atoms with Gasteiger partial charge in [-0.1, -0.05) is 13.3 Å². The van der Waals surface area contributed by atoms with Gasteiger partial charge in [-0.2, -0.15) is 0 Å². The van der Waals surface area contributed by atoms with E-state index in [4.69, 9.17) is 5.73 Å². The zero-order valence-electron chi connectivity index (χ0n) is 10.6. The van der Waals surface area contributed by atoms with E-state index in [0.29, 0.717) is 6.54 Å². The first-order valence-electron chi connectivity index (χ1n) is 6.21. The Morgan fingerprint density at radius 1 is 1.41 bits per heavy atom. The van der Waals surface area contributed by atoms with Crippen LogP contribution in [0.1, 0.15) is 32.6 Å². The van der Waals surface area contributed by atoms with Crippen molar-refractivity contribution < 1.29 is 14.3 Å². The van der Waals surface area contributed by atoms with Crippen LogP contribution in [-0.2, 0) is 14.3 Å². The Morgan fingerprint density at radius 3 is 2.59 bits per heavy atom. The molecule has 1 aliphatic rings. The lowest BCUT2D eigenvalue weighted by atomic mass is 10.0. The second kappa shape index (κ2) is 6.59. The van der Waals surface area contributed by atoms with Crippen LogP contribution in [0.15, 0.2) is 0 Å². The topological polar surface area (TPSA) is 72.6 Å². The van der Waals surface area contributed by atoms with Crippen LogP contribution in [0, 0.1) is 5.92 Å². The summed E-state index contributed by atoms with van der Waals surface area (Å²) < 4.78 is 4.60. The third-order valence-electron chi connectivity index (χ3n) is 3.24. The van der Waals surface area contributed by atoms with Crippen molar-refractivity contribution >= 4 is 11.9 Å². The molecule has 1 saturated carbocycles. The summed E-state index contributed by atoms with van der Waals surface area (Å²) in [6.45, 7) is 2.59. The number of rotatable bonds is 5. The van der Waals surface area contributed by atoms with E-state index >= 15 is 0 Å². The molecule has 0 spiro atoms. The van der Waals surface area contributed by atoms with Gasteiger partial charge in [-0.05, 0) is 19.3 Å². The summed E-state index contributed by atoms with van der Waals surface area (Å²) in [5.74, 6) is -0.494. The number of amides is 1. The predicted molar refractivity (Wildman–Crippen MR) is 64.2 cm³/mol. The summed E-state index contributed by atoms with van der Waals surface area (Å²) in [4.78, 5) is 25.1. The van der Waals surface area contributed by atoms with Crippen molar-refractivity contribution in [3.05, 3.63) is 0 Å². The van der Waals surface area contributed by atoms with E-state index in [0.717, 1.165) is 25.7 Å². The fourth-order valence-corrected chi connectivity index (χ4v) is 2.29. The maximum absolute atomic E-state index is 12.2. The minimum Gasteiger partial charge on any atom is -0.468 e. The Labute approximate surface area is 102 Å². The van der Waals surface area contributed by atoms with Crippen LogP contribution in [0.25, 0.3) is 0 Å². The van der Waals surface area contributed by atoms with Crippen molar-refractivity contribution in [1.29, 1.82) is 0 Å². The van der Waals surface area contributed by atoms with Gasteiger partial charge >= 0.3 is 5.97 Å². The molecule has 0 aromatic carbocycles. The molecule has 17 heavy (non-hydrogen) atoms. The second-order valence-electron chi connectivity index (χ2n) is 4.54. The van der Waals surface area contributed by atoms with Gasteiger partial charge in [0, 0.05) is 12.6 Å². The maximum Gasteiger partial charge on any atom is 0.325 e. The van der Waals surface area contributed by atoms with Crippen LogP contribution in [-0.4, -0.2) is 43.0 Å². The van der Waals surface area contributed by atoms with E-state index in [1.165, 1.54) is 7.11 Å². The van der Waals surface area contributed by atoms with Gasteiger partial charge < -0.3 is 15.4 Å². The molecule has 1 rings (SSSR count). The highest BCUT2D eigenvalue weighted by atomic mass is 16.5. The van der Waals surface area contributed by atoms with Gasteiger partial charge in [0.25, 0.3) is 0 Å². The van der Waals surface area contributed by atoms with E-state index in [2.05, 4.69) is 4.74 Å². The molecule has 5 nitrogen and oxygen atoms in total. The standard InChI is InChI=1S/C12H22N2O3/c1-3-7-14(8-11(15)17-2)12(16)9-5-4-6-10(9)13/h9-10H,3-8,13H2,1-2H3. The van der Waals surface area contributed by atoms with Crippen LogP contribution in [0.4, 0.5) is 0 Å². The minimum atomic E-state index is -0.377. The minimum absolute atomic E-state index is 0.00208. The van der Waals surface area contributed by atoms with Gasteiger partial charge in [-0.3, -0.25) is 9.59 Å². The number of esters is 1. The fourth-order valence-electron chi connectivity index (χ4n) is 2.29. The van der Waals surface area contributed by atoms with Crippen molar-refractivity contribution in [1.82, 2.24) is 4.90 Å². The van der Waals surface area contributed by atoms with Crippen LogP contribution in [0.5, 0.6) is 0 Å². The molecule has 1 aliphatic carbocycles. The molecule has 0 aromatic heterocycles. The summed E-state index contributed by atoms with van der Waals surface area (Å²) in [5.41, 5.74) is 5.91. The van der Waals surface area contributed by atoms with Crippen LogP contribution >= 0.6 is 0 Å². The highest BCUT2D eigenvalue weighted by Crippen LogP contribution is 2.25. The quantitative estimate of drug-likeness (QED) is 0.714. The molecule has 5 heteroatoms. The summed E-state index contributed by atoms with van der Waals surface area (Å²) >= 11 is 0. The van der Waals surface area contributed by atoms with Crippen molar-refractivity contribution in [2.45, 2.75) is 38.6 Å². The highest BCUT2D eigenvalue weighted by molar-refractivity contribution is 5.84. The lowest BCUT2D eigenvalue weighted by Gasteiger charge is -2.25. The number of hydrogen-bond acceptors (Lipinski definition) is 4. The van der Waals surface area contributed by atoms with Crippen molar-refractivity contribution in [3.8, 4) is 0 Å². The fraction of sp³-hybridized carbons (Fsp3) is 0.833. The van der Waals surface area contributed by atoms with Crippen LogP contribution in [0.3, 0.4) is 0 Å². The van der Waals surface area contributed by atoms with Crippen molar-refractivity contribution in [2.75, 3.05) is 20.2 Å². The number of nitrogens with two attached hydrogens (primary N) is 1. The number of ether oxygens (including phenoxy) is 1. The molecule has 0 radical (unpaired) electrons. The Bertz CT molecular complexity index is 281. The van der Waals surface area contributed by atoms with Gasteiger partial charge in [-0.15, -0.1) is 0 Å². The molecular formula is C12H22N2O3. The summed E-state index contributed by atoms with van der Waals surface area (Å²) in [5, 5.41) is 0. The lowest BCUT2D eigenvalue weighted by molar-refractivity contribution is -0.148. The molecule has 1 fully saturated rings. The van der Waals surface area contributed by atoms with Crippen LogP contribution < -0.4 is 5.73 Å². The van der Waals surface area contributed by atoms with E-state index in [1.54, 1.807) is 4.90 Å². The van der Waals surface area contributed by atoms with E-state index < -0.39 is 0 Å². The smallest absolute Gasteiger partial charge is 0.325 e. The van der Waals surface area contributed by atoms with Gasteiger partial charge in [0.2, 0.25) is 5.91 Å². The third kappa shape index (κ3) is 3.70. The van der Waals surface area contributed by atoms with E-state index in [-0.39, 0.29) is 30.4 Å². The average Bonchev–Trinajstić information content (AvgIpc) is 2.73. The normalized spacial score (nSPS) is 23.5. The predicted octanol–water partition coefficient (Wildman–Crippen LogP) is 0.525. The molecule has 2 atom stereocenters. The highest BCUT2D eigenvalue weighted by Gasteiger charge is 2.33. The first-order valence-corrected chi connectivity index (χ1v) is 6.21. The van der Waals surface area contributed by atoms with E-state index in [1.807, 2.05) is 6.92 Å². The molecule has 98 valence electrons. The Balaban J connectivity index is 2.62. The van der Waals surface area contributed by atoms with Gasteiger partial charge in [0.05, 0.1) is 13.0 Å². The Kier molecular flexibility index (Phi) is 5.41. The molecule has 0 aromatic rings. The summed E-state index contributed by atoms with van der Waals surface area (Å²) in [6.07, 6.45) is 3.55. The number of hydrogen-bond donors (Lipinski definition) is 1. The molecule has 2 N–H and O–H groups in total. The molecule has 0 bridgehead atoms. The lowest BCUT2D eigenvalue weighted by Crippen LogP contribution is -2.44. The Hall–Kier alpha value is -1.10. The van der Waals surface area contributed by atoms with E-state index in [9.17, 15) is 9.59 Å². The molecule has 0 aliphatic heterocycles. The molecule has 1 amide bonds. The molecule has 0 heterocycles. The summed E-state index contributed by atoms with van der Waals surface area (Å²) in [7, 11) is 1.33. The number of methoxy groups -OCH3 is 1. The second-order valence-corrected chi connectivity index (χ2v) is 4.54. The third-order valence-corrected chi connectivity index (χ3v) is 3.24. The zero-order valence-corrected chi connectivity index (χ0v) is 10.6. The molecule has 2 unspecified atom stereocenters. The van der Waals surface area contributed by atoms with Crippen LogP contribution in [0.2, 0.25) is 0 Å². The molecular weight excluding hydrogens is 220 g/mol. The van der Waals surface area contributed by atoms with Crippen molar-refractivity contribution in [2.24, 2.45) is 11.7 Å². The zero-order chi connectivity index (χ0) is 12.8. The number of carbonyl (C=O) groups is 2. The summed E-state index contributed by atoms with van der Waals surface area (Å²) in [6, 6.07) is -0.0560. The van der Waals surface area contributed by atoms with Gasteiger partial charge in [-0.25, -0.2) is 0 Å². The Morgan fingerprint density at radius 2 is 2.12 bits per heavy atom. The van der Waals surface area contributed by atoms with Gasteiger partial charge in [0.1, 0.15) is 6.54 Å². The first kappa shape index (κ1) is 14.0. The molecule has 0 saturated heterocycles. The number of nitrogens with zero attached hydrogens (tertiary/aromatic N) is 1.